The Morgan fingerprint density at radius 2 is 1.93 bits per heavy atom. The van der Waals surface area contributed by atoms with Crippen LogP contribution in [0, 0.1) is 6.92 Å². The van der Waals surface area contributed by atoms with Gasteiger partial charge >= 0.3 is 6.16 Å². The van der Waals surface area contributed by atoms with E-state index in [0.717, 1.165) is 10.6 Å². The van der Waals surface area contributed by atoms with Crippen molar-refractivity contribution in [1.82, 2.24) is 9.38 Å². The van der Waals surface area contributed by atoms with E-state index in [-0.39, 0.29) is 11.0 Å². The number of imidazole rings is 1. The number of anilines is 1. The lowest BCUT2D eigenvalue weighted by atomic mass is 10.1. The molecule has 3 rings (SSSR count). The highest BCUT2D eigenvalue weighted by Gasteiger charge is 2.32. The summed E-state index contributed by atoms with van der Waals surface area (Å²) in [6.07, 6.45) is -1.37. The van der Waals surface area contributed by atoms with Gasteiger partial charge in [-0.15, -0.1) is 0 Å². The first-order chi connectivity index (χ1) is 12.6. The summed E-state index contributed by atoms with van der Waals surface area (Å²) in [6.45, 7) is 9.37. The van der Waals surface area contributed by atoms with Crippen molar-refractivity contribution in [2.75, 3.05) is 4.90 Å². The Balaban J connectivity index is 2.30. The van der Waals surface area contributed by atoms with Crippen molar-refractivity contribution in [1.29, 1.82) is 0 Å². The zero-order valence-electron chi connectivity index (χ0n) is 15.8. The molecule has 1 N–H and O–H groups in total. The van der Waals surface area contributed by atoms with Crippen molar-refractivity contribution in [3.05, 3.63) is 36.0 Å². The second-order valence-electron chi connectivity index (χ2n) is 7.16. The van der Waals surface area contributed by atoms with Crippen molar-refractivity contribution in [2.24, 2.45) is 0 Å². The Morgan fingerprint density at radius 1 is 1.22 bits per heavy atom. The Kier molecular flexibility index (Phi) is 4.69. The maximum atomic E-state index is 12.6. The van der Waals surface area contributed by atoms with E-state index in [1.165, 1.54) is 18.3 Å². The number of hydrogen-bond acceptors (Lipinski definition) is 5. The minimum absolute atomic E-state index is 0.104. The molecule has 0 saturated carbocycles. The van der Waals surface area contributed by atoms with E-state index in [2.05, 4.69) is 0 Å². The summed E-state index contributed by atoms with van der Waals surface area (Å²) in [5, 5.41) is 9.08. The number of thiophene rings is 1. The Hall–Kier alpha value is -2.87. The third-order valence-electron chi connectivity index (χ3n) is 4.01. The SMILES string of the molecule is CC(=O)N(c1c(-c2ccc(OC(=O)O)s2)nc2cccc(C)n12)C(C)(C)C. The number of aromatic nitrogens is 2. The minimum atomic E-state index is -1.37. The first-order valence-electron chi connectivity index (χ1n) is 8.39. The van der Waals surface area contributed by atoms with E-state index in [0.29, 0.717) is 17.2 Å². The van der Waals surface area contributed by atoms with Gasteiger partial charge in [0.1, 0.15) is 17.2 Å². The second-order valence-corrected chi connectivity index (χ2v) is 8.20. The average Bonchev–Trinajstić information content (AvgIpc) is 3.10. The van der Waals surface area contributed by atoms with Gasteiger partial charge in [0.15, 0.2) is 5.06 Å². The van der Waals surface area contributed by atoms with Crippen LogP contribution in [0.3, 0.4) is 0 Å². The van der Waals surface area contributed by atoms with Crippen LogP contribution in [0.2, 0.25) is 0 Å². The van der Waals surface area contributed by atoms with Crippen LogP contribution in [0.25, 0.3) is 16.2 Å². The molecule has 0 aliphatic rings. The molecular weight excluding hydrogens is 366 g/mol. The molecule has 3 aromatic rings. The summed E-state index contributed by atoms with van der Waals surface area (Å²) in [7, 11) is 0. The van der Waals surface area contributed by atoms with E-state index in [1.807, 2.05) is 50.3 Å². The molecular formula is C19H21N3O4S. The van der Waals surface area contributed by atoms with Crippen LogP contribution in [0.5, 0.6) is 5.06 Å². The number of ether oxygens (including phenoxy) is 1. The van der Waals surface area contributed by atoms with Crippen LogP contribution in [0.1, 0.15) is 33.4 Å². The number of aryl methyl sites for hydroxylation is 1. The topological polar surface area (TPSA) is 84.1 Å². The van der Waals surface area contributed by atoms with Gasteiger partial charge in [0.05, 0.1) is 4.88 Å². The molecule has 142 valence electrons. The fourth-order valence-electron chi connectivity index (χ4n) is 3.14. The van der Waals surface area contributed by atoms with Crippen molar-refractivity contribution in [2.45, 2.75) is 40.2 Å². The zero-order chi connectivity index (χ0) is 19.9. The van der Waals surface area contributed by atoms with Gasteiger partial charge in [-0.05, 0) is 52.0 Å². The maximum absolute atomic E-state index is 12.6. The third-order valence-corrected chi connectivity index (χ3v) is 4.98. The number of carbonyl (C=O) groups is 2. The first kappa shape index (κ1) is 18.9. The maximum Gasteiger partial charge on any atom is 0.512 e. The van der Waals surface area contributed by atoms with Crippen molar-refractivity contribution < 1.29 is 19.4 Å². The average molecular weight is 387 g/mol. The number of nitrogens with zero attached hydrogens (tertiary/aromatic N) is 3. The molecule has 0 bridgehead atoms. The van der Waals surface area contributed by atoms with Crippen LogP contribution in [-0.2, 0) is 4.79 Å². The predicted octanol–water partition coefficient (Wildman–Crippen LogP) is 4.58. The highest BCUT2D eigenvalue weighted by molar-refractivity contribution is 7.17. The number of carboxylic acid groups (broad SMARTS) is 1. The summed E-state index contributed by atoms with van der Waals surface area (Å²) < 4.78 is 6.69. The van der Waals surface area contributed by atoms with Gasteiger partial charge in [-0.25, -0.2) is 9.78 Å². The molecule has 0 aliphatic heterocycles. The largest absolute Gasteiger partial charge is 0.512 e. The lowest BCUT2D eigenvalue weighted by molar-refractivity contribution is -0.117. The number of carbonyl (C=O) groups excluding carboxylic acids is 1. The predicted molar refractivity (Wildman–Crippen MR) is 105 cm³/mol. The molecule has 8 heteroatoms. The van der Waals surface area contributed by atoms with Gasteiger partial charge in [0.2, 0.25) is 5.91 Å². The lowest BCUT2D eigenvalue weighted by Crippen LogP contribution is -2.45. The van der Waals surface area contributed by atoms with Crippen LogP contribution in [0.15, 0.2) is 30.3 Å². The van der Waals surface area contributed by atoms with Crippen molar-refractivity contribution >= 4 is 34.9 Å². The van der Waals surface area contributed by atoms with Crippen LogP contribution in [-0.4, -0.2) is 32.1 Å². The van der Waals surface area contributed by atoms with Gasteiger partial charge < -0.3 is 9.84 Å². The molecule has 0 aromatic carbocycles. The van der Waals surface area contributed by atoms with E-state index >= 15 is 0 Å². The molecule has 1 amide bonds. The number of amides is 1. The number of fused-ring (bicyclic) bond motifs is 1. The number of hydrogen-bond donors (Lipinski definition) is 1. The van der Waals surface area contributed by atoms with Gasteiger partial charge in [-0.3, -0.25) is 14.1 Å². The number of pyridine rings is 1. The normalized spacial score (nSPS) is 11.6. The second kappa shape index (κ2) is 6.70. The number of rotatable bonds is 3. The smallest absolute Gasteiger partial charge is 0.449 e. The standard InChI is InChI=1S/C19H21N3O4S/c1-11-7-6-8-14-20-16(13-9-10-15(27-13)26-18(24)25)17(21(11)14)22(12(2)23)19(3,4)5/h6-10H,1-5H3,(H,24,25). The summed E-state index contributed by atoms with van der Waals surface area (Å²) in [4.78, 5) is 30.5. The summed E-state index contributed by atoms with van der Waals surface area (Å²) >= 11 is 1.17. The molecule has 0 saturated heterocycles. The van der Waals surface area contributed by atoms with Crippen LogP contribution >= 0.6 is 11.3 Å². The Labute approximate surface area is 160 Å². The summed E-state index contributed by atoms with van der Waals surface area (Å²) in [6, 6.07) is 9.09. The highest BCUT2D eigenvalue weighted by Crippen LogP contribution is 2.41. The van der Waals surface area contributed by atoms with Crippen LogP contribution in [0.4, 0.5) is 10.6 Å². The third kappa shape index (κ3) is 3.52. The van der Waals surface area contributed by atoms with E-state index in [9.17, 15) is 9.59 Å². The first-order valence-corrected chi connectivity index (χ1v) is 9.21. The monoisotopic (exact) mass is 387 g/mol. The summed E-state index contributed by atoms with van der Waals surface area (Å²) in [5.74, 6) is 0.555. The highest BCUT2D eigenvalue weighted by atomic mass is 32.1. The van der Waals surface area contributed by atoms with Crippen LogP contribution < -0.4 is 9.64 Å². The molecule has 0 aliphatic carbocycles. The van der Waals surface area contributed by atoms with E-state index < -0.39 is 11.7 Å². The Morgan fingerprint density at radius 3 is 2.52 bits per heavy atom. The minimum Gasteiger partial charge on any atom is -0.449 e. The molecule has 0 spiro atoms. The lowest BCUT2D eigenvalue weighted by Gasteiger charge is -2.35. The summed E-state index contributed by atoms with van der Waals surface area (Å²) in [5.41, 5.74) is 1.79. The molecule has 3 aromatic heterocycles. The molecule has 0 fully saturated rings. The molecule has 0 atom stereocenters. The van der Waals surface area contributed by atoms with Crippen molar-refractivity contribution in [3.8, 4) is 15.6 Å². The molecule has 7 nitrogen and oxygen atoms in total. The quantitative estimate of drug-likeness (QED) is 0.665. The molecule has 0 unspecified atom stereocenters. The van der Waals surface area contributed by atoms with E-state index in [1.54, 1.807) is 17.0 Å². The van der Waals surface area contributed by atoms with E-state index in [4.69, 9.17) is 14.8 Å². The fourth-order valence-corrected chi connectivity index (χ4v) is 3.97. The van der Waals surface area contributed by atoms with Gasteiger partial charge in [-0.2, -0.15) is 0 Å². The molecule has 27 heavy (non-hydrogen) atoms. The van der Waals surface area contributed by atoms with Crippen molar-refractivity contribution in [3.63, 3.8) is 0 Å². The Bertz CT molecular complexity index is 1030. The molecule has 3 heterocycles. The van der Waals surface area contributed by atoms with Gasteiger partial charge in [-0.1, -0.05) is 17.4 Å². The fraction of sp³-hybridized carbons (Fsp3) is 0.316. The zero-order valence-corrected chi connectivity index (χ0v) is 16.6. The van der Waals surface area contributed by atoms with Gasteiger partial charge in [0, 0.05) is 18.2 Å². The molecule has 0 radical (unpaired) electrons. The van der Waals surface area contributed by atoms with Gasteiger partial charge in [0.25, 0.3) is 0 Å².